The monoisotopic (exact) mass is 333 g/mol. The fraction of sp³-hybridized carbons (Fsp3) is 1.00. The first kappa shape index (κ1) is 25.1. The fourth-order valence-electron chi connectivity index (χ4n) is 1.52. The van der Waals surface area contributed by atoms with Crippen molar-refractivity contribution < 1.29 is 14.6 Å². The third-order valence-electron chi connectivity index (χ3n) is 2.47. The standard InChI is InChI=1S/C9H19NO.C6H14O.C4H10O/c1-9(2,3)11-8-7-10-5-4-6-10;1-5-7-6(2,3)4;1-4(2,3)5/h4-8H2,1-3H3;5H2,1-4H3;5H,1-3H3. The molecule has 1 rings (SSSR count). The van der Waals surface area contributed by atoms with E-state index in [1.165, 1.54) is 19.5 Å². The average Bonchev–Trinajstić information content (AvgIpc) is 2.16. The summed E-state index contributed by atoms with van der Waals surface area (Å²) in [6.45, 7) is 25.0. The molecular formula is C19H43NO3. The van der Waals surface area contributed by atoms with Gasteiger partial charge < -0.3 is 19.5 Å². The number of aliphatic hydroxyl groups is 1. The van der Waals surface area contributed by atoms with E-state index < -0.39 is 5.60 Å². The van der Waals surface area contributed by atoms with Crippen molar-refractivity contribution in [3.8, 4) is 0 Å². The molecule has 0 atom stereocenters. The van der Waals surface area contributed by atoms with E-state index in [1.807, 2.05) is 6.92 Å². The molecule has 0 aliphatic carbocycles. The zero-order valence-corrected chi connectivity index (χ0v) is 17.5. The second-order valence-corrected chi connectivity index (χ2v) is 8.87. The minimum Gasteiger partial charge on any atom is -0.391 e. The third-order valence-corrected chi connectivity index (χ3v) is 2.47. The molecule has 0 aromatic heterocycles. The van der Waals surface area contributed by atoms with Gasteiger partial charge in [0.15, 0.2) is 0 Å². The number of hydrogen-bond donors (Lipinski definition) is 1. The second-order valence-electron chi connectivity index (χ2n) is 8.87. The largest absolute Gasteiger partial charge is 0.391 e. The molecule has 23 heavy (non-hydrogen) atoms. The van der Waals surface area contributed by atoms with Crippen LogP contribution >= 0.6 is 0 Å². The minimum atomic E-state index is -0.500. The van der Waals surface area contributed by atoms with Gasteiger partial charge in [0.2, 0.25) is 0 Å². The Morgan fingerprint density at radius 1 is 0.826 bits per heavy atom. The number of ether oxygens (including phenoxy) is 2. The van der Waals surface area contributed by atoms with E-state index in [1.54, 1.807) is 20.8 Å². The molecule has 0 bridgehead atoms. The van der Waals surface area contributed by atoms with E-state index in [2.05, 4.69) is 46.4 Å². The predicted octanol–water partition coefficient (Wildman–Crippen LogP) is 4.11. The zero-order valence-electron chi connectivity index (χ0n) is 17.5. The Labute approximate surface area is 145 Å². The van der Waals surface area contributed by atoms with Crippen LogP contribution < -0.4 is 0 Å². The summed E-state index contributed by atoms with van der Waals surface area (Å²) in [6.07, 6.45) is 1.37. The number of rotatable bonds is 4. The zero-order chi connectivity index (χ0) is 18.7. The Kier molecular flexibility index (Phi) is 12.4. The summed E-state index contributed by atoms with van der Waals surface area (Å²) in [5, 5.41) is 8.52. The van der Waals surface area contributed by atoms with Crippen molar-refractivity contribution >= 4 is 0 Å². The van der Waals surface area contributed by atoms with Crippen LogP contribution in [0, 0.1) is 0 Å². The molecule has 0 saturated carbocycles. The van der Waals surface area contributed by atoms with Crippen molar-refractivity contribution in [2.45, 2.75) is 92.5 Å². The van der Waals surface area contributed by atoms with E-state index in [-0.39, 0.29) is 11.2 Å². The summed E-state index contributed by atoms with van der Waals surface area (Å²) < 4.78 is 10.8. The van der Waals surface area contributed by atoms with Gasteiger partial charge in [0.1, 0.15) is 0 Å². The quantitative estimate of drug-likeness (QED) is 0.841. The van der Waals surface area contributed by atoms with Crippen LogP contribution in [0.1, 0.15) is 75.7 Å². The summed E-state index contributed by atoms with van der Waals surface area (Å²) >= 11 is 0. The van der Waals surface area contributed by atoms with E-state index in [9.17, 15) is 0 Å². The van der Waals surface area contributed by atoms with Crippen molar-refractivity contribution in [3.63, 3.8) is 0 Å². The molecule has 0 amide bonds. The molecule has 1 N–H and O–H groups in total. The first-order valence-corrected chi connectivity index (χ1v) is 8.86. The first-order valence-electron chi connectivity index (χ1n) is 8.86. The van der Waals surface area contributed by atoms with Gasteiger partial charge in [0.25, 0.3) is 0 Å². The molecule has 142 valence electrons. The number of hydrogen-bond acceptors (Lipinski definition) is 4. The van der Waals surface area contributed by atoms with Crippen LogP contribution in [0.5, 0.6) is 0 Å². The van der Waals surface area contributed by atoms with Gasteiger partial charge in [-0.15, -0.1) is 0 Å². The number of nitrogens with zero attached hydrogens (tertiary/aromatic N) is 1. The molecule has 0 unspecified atom stereocenters. The first-order chi connectivity index (χ1) is 10.1. The third kappa shape index (κ3) is 30.3. The maximum absolute atomic E-state index is 8.52. The smallest absolute Gasteiger partial charge is 0.0600 e. The van der Waals surface area contributed by atoms with E-state index in [0.29, 0.717) is 0 Å². The van der Waals surface area contributed by atoms with Crippen molar-refractivity contribution in [1.82, 2.24) is 4.90 Å². The Hall–Kier alpha value is -0.160. The SMILES string of the molecule is CC(C)(C)O.CC(C)(C)OCCN1CCC1.CCOC(C)(C)C. The molecule has 1 aliphatic heterocycles. The highest BCUT2D eigenvalue weighted by atomic mass is 16.5. The Bertz CT molecular complexity index is 262. The molecule has 1 aliphatic rings. The minimum absolute atomic E-state index is 0.0326. The van der Waals surface area contributed by atoms with Gasteiger partial charge in [0, 0.05) is 13.2 Å². The van der Waals surface area contributed by atoms with Crippen LogP contribution in [-0.2, 0) is 9.47 Å². The van der Waals surface area contributed by atoms with Gasteiger partial charge in [-0.1, -0.05) is 0 Å². The van der Waals surface area contributed by atoms with E-state index >= 15 is 0 Å². The highest BCUT2D eigenvalue weighted by Gasteiger charge is 2.15. The van der Waals surface area contributed by atoms with Gasteiger partial charge >= 0.3 is 0 Å². The fourth-order valence-corrected chi connectivity index (χ4v) is 1.52. The van der Waals surface area contributed by atoms with Gasteiger partial charge in [-0.3, -0.25) is 0 Å². The van der Waals surface area contributed by atoms with Crippen molar-refractivity contribution in [2.24, 2.45) is 0 Å². The summed E-state index contributed by atoms with van der Waals surface area (Å²) in [7, 11) is 0. The van der Waals surface area contributed by atoms with Gasteiger partial charge in [0.05, 0.1) is 23.4 Å². The average molecular weight is 334 g/mol. The topological polar surface area (TPSA) is 41.9 Å². The normalized spacial score (nSPS) is 15.8. The number of likely N-dealkylation sites (tertiary alicyclic amines) is 1. The van der Waals surface area contributed by atoms with Gasteiger partial charge in [-0.25, -0.2) is 0 Å². The summed E-state index contributed by atoms with van der Waals surface area (Å²) in [4.78, 5) is 2.42. The second kappa shape index (κ2) is 11.4. The molecule has 0 aromatic rings. The molecule has 0 radical (unpaired) electrons. The van der Waals surface area contributed by atoms with Crippen molar-refractivity contribution in [1.29, 1.82) is 0 Å². The highest BCUT2D eigenvalue weighted by Crippen LogP contribution is 2.09. The molecule has 1 saturated heterocycles. The lowest BCUT2D eigenvalue weighted by molar-refractivity contribution is -0.0194. The lowest BCUT2D eigenvalue weighted by Crippen LogP contribution is -2.40. The summed E-state index contributed by atoms with van der Waals surface area (Å²) in [6, 6.07) is 0. The van der Waals surface area contributed by atoms with Crippen LogP contribution in [0.3, 0.4) is 0 Å². The Morgan fingerprint density at radius 3 is 1.39 bits per heavy atom. The lowest BCUT2D eigenvalue weighted by atomic mass is 10.2. The molecule has 0 aromatic carbocycles. The van der Waals surface area contributed by atoms with E-state index in [0.717, 1.165) is 19.8 Å². The highest BCUT2D eigenvalue weighted by molar-refractivity contribution is 4.68. The molecular weight excluding hydrogens is 290 g/mol. The maximum atomic E-state index is 8.52. The molecule has 0 spiro atoms. The molecule has 1 heterocycles. The van der Waals surface area contributed by atoms with Crippen LogP contribution in [0.2, 0.25) is 0 Å². The van der Waals surface area contributed by atoms with Crippen molar-refractivity contribution in [3.05, 3.63) is 0 Å². The maximum Gasteiger partial charge on any atom is 0.0600 e. The Morgan fingerprint density at radius 2 is 1.22 bits per heavy atom. The van der Waals surface area contributed by atoms with Crippen LogP contribution in [0.4, 0.5) is 0 Å². The van der Waals surface area contributed by atoms with Crippen LogP contribution in [-0.4, -0.2) is 59.7 Å². The summed E-state index contributed by atoms with van der Waals surface area (Å²) in [5.74, 6) is 0. The van der Waals surface area contributed by atoms with Gasteiger partial charge in [-0.2, -0.15) is 0 Å². The van der Waals surface area contributed by atoms with Gasteiger partial charge in [-0.05, 0) is 88.7 Å². The molecule has 4 nitrogen and oxygen atoms in total. The van der Waals surface area contributed by atoms with Crippen molar-refractivity contribution in [2.75, 3.05) is 32.8 Å². The Balaban J connectivity index is 0. The van der Waals surface area contributed by atoms with Crippen LogP contribution in [0.25, 0.3) is 0 Å². The molecule has 1 fully saturated rings. The van der Waals surface area contributed by atoms with E-state index in [4.69, 9.17) is 14.6 Å². The molecule has 4 heteroatoms. The van der Waals surface area contributed by atoms with Crippen LogP contribution in [0.15, 0.2) is 0 Å². The summed E-state index contributed by atoms with van der Waals surface area (Å²) in [5.41, 5.74) is -0.417. The lowest BCUT2D eigenvalue weighted by Gasteiger charge is -2.31. The predicted molar refractivity (Wildman–Crippen MR) is 100 cm³/mol.